The SMILES string of the molecule is COc1ccc(CN(CC(=O)NCc2ccc3c(c2)OCO3)C(C)=O)cc1. The van der Waals surface area contributed by atoms with Crippen molar-refractivity contribution in [1.82, 2.24) is 10.2 Å². The molecule has 27 heavy (non-hydrogen) atoms. The lowest BCUT2D eigenvalue weighted by molar-refractivity contribution is -0.135. The summed E-state index contributed by atoms with van der Waals surface area (Å²) < 4.78 is 15.7. The van der Waals surface area contributed by atoms with E-state index in [1.165, 1.54) is 11.8 Å². The van der Waals surface area contributed by atoms with Crippen molar-refractivity contribution in [2.45, 2.75) is 20.0 Å². The average molecular weight is 370 g/mol. The van der Waals surface area contributed by atoms with Gasteiger partial charge in [0.05, 0.1) is 13.7 Å². The van der Waals surface area contributed by atoms with Crippen molar-refractivity contribution in [3.63, 3.8) is 0 Å². The van der Waals surface area contributed by atoms with Gasteiger partial charge in [0.2, 0.25) is 18.6 Å². The lowest BCUT2D eigenvalue weighted by Gasteiger charge is -2.21. The zero-order valence-corrected chi connectivity index (χ0v) is 15.4. The average Bonchev–Trinajstić information content (AvgIpc) is 3.14. The molecule has 0 unspecified atom stereocenters. The Bertz CT molecular complexity index is 820. The highest BCUT2D eigenvalue weighted by Crippen LogP contribution is 2.32. The number of hydrogen-bond donors (Lipinski definition) is 1. The highest BCUT2D eigenvalue weighted by molar-refractivity contribution is 5.83. The van der Waals surface area contributed by atoms with E-state index < -0.39 is 0 Å². The highest BCUT2D eigenvalue weighted by Gasteiger charge is 2.16. The summed E-state index contributed by atoms with van der Waals surface area (Å²) in [5.74, 6) is 1.73. The summed E-state index contributed by atoms with van der Waals surface area (Å²) in [7, 11) is 1.60. The second kappa shape index (κ2) is 8.44. The zero-order valence-electron chi connectivity index (χ0n) is 15.4. The molecule has 2 aromatic carbocycles. The van der Waals surface area contributed by atoms with Crippen molar-refractivity contribution in [1.29, 1.82) is 0 Å². The number of benzene rings is 2. The van der Waals surface area contributed by atoms with Gasteiger partial charge in [0, 0.05) is 20.0 Å². The maximum absolute atomic E-state index is 12.3. The fourth-order valence-electron chi connectivity index (χ4n) is 2.71. The molecule has 7 heteroatoms. The number of hydrogen-bond acceptors (Lipinski definition) is 5. The van der Waals surface area contributed by atoms with Gasteiger partial charge in [-0.3, -0.25) is 9.59 Å². The maximum Gasteiger partial charge on any atom is 0.239 e. The molecule has 0 aliphatic carbocycles. The van der Waals surface area contributed by atoms with Crippen LogP contribution < -0.4 is 19.5 Å². The molecule has 0 spiro atoms. The van der Waals surface area contributed by atoms with Crippen LogP contribution >= 0.6 is 0 Å². The first-order valence-electron chi connectivity index (χ1n) is 8.59. The van der Waals surface area contributed by atoms with Crippen LogP contribution in [0.2, 0.25) is 0 Å². The summed E-state index contributed by atoms with van der Waals surface area (Å²) in [6.07, 6.45) is 0. The summed E-state index contributed by atoms with van der Waals surface area (Å²) in [6.45, 7) is 2.37. The number of methoxy groups -OCH3 is 1. The van der Waals surface area contributed by atoms with E-state index in [2.05, 4.69) is 5.32 Å². The highest BCUT2D eigenvalue weighted by atomic mass is 16.7. The van der Waals surface area contributed by atoms with Crippen LogP contribution in [0.15, 0.2) is 42.5 Å². The molecular formula is C20H22N2O5. The van der Waals surface area contributed by atoms with E-state index in [0.717, 1.165) is 16.9 Å². The fraction of sp³-hybridized carbons (Fsp3) is 0.300. The van der Waals surface area contributed by atoms with Crippen molar-refractivity contribution < 1.29 is 23.8 Å². The van der Waals surface area contributed by atoms with Gasteiger partial charge in [0.1, 0.15) is 5.75 Å². The fourth-order valence-corrected chi connectivity index (χ4v) is 2.71. The van der Waals surface area contributed by atoms with E-state index in [4.69, 9.17) is 14.2 Å². The molecule has 0 radical (unpaired) electrons. The van der Waals surface area contributed by atoms with Crippen molar-refractivity contribution >= 4 is 11.8 Å². The summed E-state index contributed by atoms with van der Waals surface area (Å²) >= 11 is 0. The smallest absolute Gasteiger partial charge is 0.239 e. The molecule has 2 aromatic rings. The molecular weight excluding hydrogens is 348 g/mol. The van der Waals surface area contributed by atoms with Gasteiger partial charge in [-0.05, 0) is 35.4 Å². The van der Waals surface area contributed by atoms with Gasteiger partial charge in [-0.15, -0.1) is 0 Å². The number of carbonyl (C=O) groups excluding carboxylic acids is 2. The van der Waals surface area contributed by atoms with Crippen molar-refractivity contribution in [2.75, 3.05) is 20.4 Å². The van der Waals surface area contributed by atoms with Crippen LogP contribution in [0, 0.1) is 0 Å². The molecule has 1 aliphatic heterocycles. The van der Waals surface area contributed by atoms with Gasteiger partial charge in [-0.25, -0.2) is 0 Å². The molecule has 1 aliphatic rings. The Morgan fingerprint density at radius 1 is 1.07 bits per heavy atom. The normalized spacial score (nSPS) is 11.8. The molecule has 7 nitrogen and oxygen atoms in total. The lowest BCUT2D eigenvalue weighted by atomic mass is 10.2. The third-order valence-corrected chi connectivity index (χ3v) is 4.24. The Morgan fingerprint density at radius 3 is 2.48 bits per heavy atom. The van der Waals surface area contributed by atoms with Gasteiger partial charge >= 0.3 is 0 Å². The first kappa shape index (κ1) is 18.6. The monoisotopic (exact) mass is 370 g/mol. The van der Waals surface area contributed by atoms with Crippen LogP contribution in [-0.2, 0) is 22.7 Å². The molecule has 2 amide bonds. The number of nitrogens with one attached hydrogen (secondary N) is 1. The molecule has 1 N–H and O–H groups in total. The van der Waals surface area contributed by atoms with E-state index in [0.29, 0.717) is 24.6 Å². The number of rotatable bonds is 7. The van der Waals surface area contributed by atoms with Gasteiger partial charge in [0.25, 0.3) is 0 Å². The molecule has 3 rings (SSSR count). The number of ether oxygens (including phenoxy) is 3. The lowest BCUT2D eigenvalue weighted by Crippen LogP contribution is -2.39. The number of carbonyl (C=O) groups is 2. The standard InChI is InChI=1S/C20H22N2O5/c1-14(23)22(11-15-3-6-17(25-2)7-4-15)12-20(24)21-10-16-5-8-18-19(9-16)27-13-26-18/h3-9H,10-13H2,1-2H3,(H,21,24). The largest absolute Gasteiger partial charge is 0.497 e. The molecule has 0 aromatic heterocycles. The van der Waals surface area contributed by atoms with E-state index in [1.807, 2.05) is 42.5 Å². The Hall–Kier alpha value is -3.22. The topological polar surface area (TPSA) is 77.1 Å². The van der Waals surface area contributed by atoms with E-state index in [-0.39, 0.29) is 25.2 Å². The van der Waals surface area contributed by atoms with Crippen LogP contribution in [0.5, 0.6) is 17.2 Å². The molecule has 1 heterocycles. The Labute approximate surface area is 157 Å². The summed E-state index contributed by atoms with van der Waals surface area (Å²) in [4.78, 5) is 25.7. The number of amides is 2. The second-order valence-corrected chi connectivity index (χ2v) is 6.19. The third-order valence-electron chi connectivity index (χ3n) is 4.24. The predicted octanol–water partition coefficient (Wildman–Crippen LogP) is 2.09. The predicted molar refractivity (Wildman–Crippen MR) is 98.5 cm³/mol. The molecule has 0 saturated carbocycles. The minimum absolute atomic E-state index is 0.00802. The Balaban J connectivity index is 1.54. The minimum atomic E-state index is -0.226. The second-order valence-electron chi connectivity index (χ2n) is 6.19. The van der Waals surface area contributed by atoms with Crippen molar-refractivity contribution in [3.8, 4) is 17.2 Å². The minimum Gasteiger partial charge on any atom is -0.497 e. The first-order chi connectivity index (χ1) is 13.0. The van der Waals surface area contributed by atoms with Crippen LogP contribution in [0.4, 0.5) is 0 Å². The molecule has 0 atom stereocenters. The summed E-state index contributed by atoms with van der Waals surface area (Å²) in [5, 5.41) is 2.83. The molecule has 0 bridgehead atoms. The third kappa shape index (κ3) is 4.91. The Morgan fingerprint density at radius 2 is 1.78 bits per heavy atom. The van der Waals surface area contributed by atoms with Crippen LogP contribution in [0.25, 0.3) is 0 Å². The van der Waals surface area contributed by atoms with Crippen molar-refractivity contribution in [2.24, 2.45) is 0 Å². The van der Waals surface area contributed by atoms with Gasteiger partial charge in [-0.1, -0.05) is 18.2 Å². The van der Waals surface area contributed by atoms with Crippen LogP contribution in [0.3, 0.4) is 0 Å². The van der Waals surface area contributed by atoms with E-state index in [1.54, 1.807) is 7.11 Å². The van der Waals surface area contributed by atoms with Crippen molar-refractivity contribution in [3.05, 3.63) is 53.6 Å². The van der Waals surface area contributed by atoms with E-state index >= 15 is 0 Å². The number of nitrogens with zero attached hydrogens (tertiary/aromatic N) is 1. The summed E-state index contributed by atoms with van der Waals surface area (Å²) in [6, 6.07) is 12.9. The summed E-state index contributed by atoms with van der Waals surface area (Å²) in [5.41, 5.74) is 1.83. The van der Waals surface area contributed by atoms with E-state index in [9.17, 15) is 9.59 Å². The van der Waals surface area contributed by atoms with Gasteiger partial charge in [0.15, 0.2) is 11.5 Å². The molecule has 0 saturated heterocycles. The maximum atomic E-state index is 12.3. The van der Waals surface area contributed by atoms with Crippen LogP contribution in [-0.4, -0.2) is 37.2 Å². The van der Waals surface area contributed by atoms with Crippen LogP contribution in [0.1, 0.15) is 18.1 Å². The number of fused-ring (bicyclic) bond motifs is 1. The molecule has 142 valence electrons. The quantitative estimate of drug-likeness (QED) is 0.808. The van der Waals surface area contributed by atoms with Gasteiger partial charge in [-0.2, -0.15) is 0 Å². The Kier molecular flexibility index (Phi) is 5.80. The first-order valence-corrected chi connectivity index (χ1v) is 8.59. The molecule has 0 fully saturated rings. The zero-order chi connectivity index (χ0) is 19.2. The van der Waals surface area contributed by atoms with Gasteiger partial charge < -0.3 is 24.4 Å².